The molecule has 4 N–H and O–H groups in total. The van der Waals surface area contributed by atoms with Gasteiger partial charge in [0.25, 0.3) is 0 Å². The molecule has 128 valence electrons. The van der Waals surface area contributed by atoms with Crippen LogP contribution in [0, 0.1) is 23.4 Å². The molecule has 0 bridgehead atoms. The molecule has 0 radical (unpaired) electrons. The summed E-state index contributed by atoms with van der Waals surface area (Å²) in [6.45, 7) is 0.358. The molecule has 1 saturated carbocycles. The van der Waals surface area contributed by atoms with Crippen LogP contribution in [-0.4, -0.2) is 25.0 Å². The summed E-state index contributed by atoms with van der Waals surface area (Å²) < 4.78 is 39.1. The summed E-state index contributed by atoms with van der Waals surface area (Å²) in [5.41, 5.74) is 5.15. The number of hydrogen-bond acceptors (Lipinski definition) is 2. The van der Waals surface area contributed by atoms with Crippen LogP contribution in [0.4, 0.5) is 18.9 Å². The fourth-order valence-corrected chi connectivity index (χ4v) is 1.97. The Kier molecular flexibility index (Phi) is 7.59. The van der Waals surface area contributed by atoms with E-state index < -0.39 is 29.0 Å². The van der Waals surface area contributed by atoms with Crippen molar-refractivity contribution in [3.05, 3.63) is 29.6 Å². The van der Waals surface area contributed by atoms with Crippen LogP contribution in [0.3, 0.4) is 0 Å². The van der Waals surface area contributed by atoms with Gasteiger partial charge >= 0.3 is 0 Å². The molecule has 2 rings (SSSR count). The summed E-state index contributed by atoms with van der Waals surface area (Å²) in [7, 11) is 0. The van der Waals surface area contributed by atoms with Crippen LogP contribution in [0.15, 0.2) is 17.1 Å². The SMILES string of the molecule is I.NC(=NCC(=O)Nc1ccc(F)c(F)c1F)NCC1CCC1. The van der Waals surface area contributed by atoms with E-state index in [0.29, 0.717) is 12.5 Å². The van der Waals surface area contributed by atoms with Gasteiger partial charge in [-0.2, -0.15) is 0 Å². The summed E-state index contributed by atoms with van der Waals surface area (Å²) in [6, 6.07) is 1.67. The topological polar surface area (TPSA) is 79.5 Å². The van der Waals surface area contributed by atoms with Gasteiger partial charge < -0.3 is 16.4 Å². The normalized spacial score (nSPS) is 14.7. The summed E-state index contributed by atoms with van der Waals surface area (Å²) in [6.07, 6.45) is 3.51. The minimum absolute atomic E-state index is 0. The number of guanidine groups is 1. The minimum atomic E-state index is -1.64. The van der Waals surface area contributed by atoms with E-state index in [1.54, 1.807) is 0 Å². The van der Waals surface area contributed by atoms with E-state index in [4.69, 9.17) is 5.73 Å². The molecule has 23 heavy (non-hydrogen) atoms. The number of benzene rings is 1. The standard InChI is InChI=1S/C14H17F3N4O.HI/c15-9-4-5-10(13(17)12(9)16)21-11(22)7-20-14(18)19-6-8-2-1-3-8;/h4-5,8H,1-3,6-7H2,(H,21,22)(H3,18,19,20);1H. The Morgan fingerprint density at radius 3 is 2.57 bits per heavy atom. The van der Waals surface area contributed by atoms with Crippen molar-refractivity contribution >= 4 is 41.5 Å². The van der Waals surface area contributed by atoms with Crippen LogP contribution >= 0.6 is 24.0 Å². The van der Waals surface area contributed by atoms with Crippen molar-refractivity contribution in [3.8, 4) is 0 Å². The lowest BCUT2D eigenvalue weighted by Gasteiger charge is -2.25. The Labute approximate surface area is 148 Å². The van der Waals surface area contributed by atoms with Gasteiger partial charge in [0.2, 0.25) is 5.91 Å². The second-order valence-electron chi connectivity index (χ2n) is 5.15. The highest BCUT2D eigenvalue weighted by Crippen LogP contribution is 2.25. The lowest BCUT2D eigenvalue weighted by atomic mass is 9.85. The van der Waals surface area contributed by atoms with Crippen molar-refractivity contribution in [3.63, 3.8) is 0 Å². The minimum Gasteiger partial charge on any atom is -0.370 e. The van der Waals surface area contributed by atoms with Gasteiger partial charge in [-0.3, -0.25) is 4.79 Å². The third-order valence-electron chi connectivity index (χ3n) is 3.50. The number of halogens is 4. The highest BCUT2D eigenvalue weighted by Gasteiger charge is 2.17. The molecule has 0 unspecified atom stereocenters. The van der Waals surface area contributed by atoms with Crippen molar-refractivity contribution in [1.82, 2.24) is 5.32 Å². The van der Waals surface area contributed by atoms with Crippen molar-refractivity contribution in [2.75, 3.05) is 18.4 Å². The molecule has 9 heteroatoms. The first-order valence-corrected chi connectivity index (χ1v) is 6.94. The quantitative estimate of drug-likeness (QED) is 0.284. The molecule has 0 aliphatic heterocycles. The van der Waals surface area contributed by atoms with E-state index in [1.807, 2.05) is 0 Å². The second-order valence-corrected chi connectivity index (χ2v) is 5.15. The number of rotatable bonds is 5. The van der Waals surface area contributed by atoms with Gasteiger partial charge in [-0.05, 0) is 30.9 Å². The van der Waals surface area contributed by atoms with E-state index in [0.717, 1.165) is 25.0 Å². The molecule has 1 amide bonds. The molecule has 1 aromatic rings. The van der Waals surface area contributed by atoms with Crippen LogP contribution in [0.5, 0.6) is 0 Å². The smallest absolute Gasteiger partial charge is 0.246 e. The van der Waals surface area contributed by atoms with Crippen molar-refractivity contribution in [2.45, 2.75) is 19.3 Å². The molecular weight excluding hydrogens is 424 g/mol. The van der Waals surface area contributed by atoms with Gasteiger partial charge in [-0.1, -0.05) is 6.42 Å². The van der Waals surface area contributed by atoms with Crippen LogP contribution < -0.4 is 16.4 Å². The molecule has 0 atom stereocenters. The number of carbonyl (C=O) groups excluding carboxylic acids is 1. The fourth-order valence-electron chi connectivity index (χ4n) is 1.97. The maximum Gasteiger partial charge on any atom is 0.246 e. The average molecular weight is 442 g/mol. The van der Waals surface area contributed by atoms with E-state index >= 15 is 0 Å². The van der Waals surface area contributed by atoms with Crippen LogP contribution in [-0.2, 0) is 4.79 Å². The molecule has 1 aliphatic rings. The maximum atomic E-state index is 13.4. The predicted octanol–water partition coefficient (Wildman–Crippen LogP) is 2.36. The largest absolute Gasteiger partial charge is 0.370 e. The number of nitrogens with two attached hydrogens (primary N) is 1. The van der Waals surface area contributed by atoms with Crippen LogP contribution in [0.1, 0.15) is 19.3 Å². The molecule has 1 aliphatic carbocycles. The molecule has 0 saturated heterocycles. The monoisotopic (exact) mass is 442 g/mol. The number of nitrogens with one attached hydrogen (secondary N) is 2. The molecule has 0 aromatic heterocycles. The van der Waals surface area contributed by atoms with Gasteiger partial charge in [0, 0.05) is 6.54 Å². The number of anilines is 1. The number of hydrogen-bond donors (Lipinski definition) is 3. The first-order valence-electron chi connectivity index (χ1n) is 6.94. The summed E-state index contributed by atoms with van der Waals surface area (Å²) in [4.78, 5) is 15.4. The number of nitrogens with zero attached hydrogens (tertiary/aromatic N) is 1. The Morgan fingerprint density at radius 2 is 1.96 bits per heavy atom. The molecule has 5 nitrogen and oxygen atoms in total. The van der Waals surface area contributed by atoms with Gasteiger partial charge in [-0.15, -0.1) is 24.0 Å². The van der Waals surface area contributed by atoms with Gasteiger partial charge in [-0.25, -0.2) is 18.2 Å². The first kappa shape index (κ1) is 19.5. The zero-order chi connectivity index (χ0) is 16.1. The van der Waals surface area contributed by atoms with Crippen LogP contribution in [0.2, 0.25) is 0 Å². The molecule has 0 spiro atoms. The third-order valence-corrected chi connectivity index (χ3v) is 3.50. The van der Waals surface area contributed by atoms with Crippen molar-refractivity contribution in [2.24, 2.45) is 16.6 Å². The number of carbonyl (C=O) groups is 1. The van der Waals surface area contributed by atoms with Crippen LogP contribution in [0.25, 0.3) is 0 Å². The van der Waals surface area contributed by atoms with Crippen molar-refractivity contribution < 1.29 is 18.0 Å². The second kappa shape index (κ2) is 8.94. The highest BCUT2D eigenvalue weighted by molar-refractivity contribution is 14.0. The summed E-state index contributed by atoms with van der Waals surface area (Å²) in [5, 5.41) is 5.01. The van der Waals surface area contributed by atoms with Gasteiger partial charge in [0.05, 0.1) is 5.69 Å². The highest BCUT2D eigenvalue weighted by atomic mass is 127. The molecule has 0 heterocycles. The zero-order valence-corrected chi connectivity index (χ0v) is 14.6. The van der Waals surface area contributed by atoms with E-state index in [1.165, 1.54) is 6.42 Å². The maximum absolute atomic E-state index is 13.4. The number of amides is 1. The average Bonchev–Trinajstić information content (AvgIpc) is 2.44. The lowest BCUT2D eigenvalue weighted by molar-refractivity contribution is -0.114. The Morgan fingerprint density at radius 1 is 1.26 bits per heavy atom. The van der Waals surface area contributed by atoms with Crippen molar-refractivity contribution in [1.29, 1.82) is 0 Å². The predicted molar refractivity (Wildman–Crippen MR) is 92.2 cm³/mol. The first-order chi connectivity index (χ1) is 10.5. The van der Waals surface area contributed by atoms with Gasteiger partial charge in [0.15, 0.2) is 23.4 Å². The zero-order valence-electron chi connectivity index (χ0n) is 12.2. The Balaban J connectivity index is 0.00000264. The van der Waals surface area contributed by atoms with E-state index in [9.17, 15) is 18.0 Å². The third kappa shape index (κ3) is 5.56. The molecule has 1 fully saturated rings. The fraction of sp³-hybridized carbons (Fsp3) is 0.429. The molecular formula is C14H18F3IN4O. The summed E-state index contributed by atoms with van der Waals surface area (Å²) in [5.74, 6) is -4.39. The van der Waals surface area contributed by atoms with E-state index in [-0.39, 0.29) is 36.5 Å². The summed E-state index contributed by atoms with van der Waals surface area (Å²) >= 11 is 0. The lowest BCUT2D eigenvalue weighted by Crippen LogP contribution is -2.37. The Hall–Kier alpha value is -1.52. The van der Waals surface area contributed by atoms with Gasteiger partial charge in [0.1, 0.15) is 6.54 Å². The van der Waals surface area contributed by atoms with E-state index in [2.05, 4.69) is 15.6 Å². The molecule has 1 aromatic carbocycles. The number of aliphatic imine (C=N–C) groups is 1. The Bertz CT molecular complexity index is 594.